The largest absolute Gasteiger partial charge is 0.360 e. The van der Waals surface area contributed by atoms with E-state index in [1.165, 1.54) is 0 Å². The summed E-state index contributed by atoms with van der Waals surface area (Å²) in [5.74, 6) is -0.287. The minimum Gasteiger partial charge on any atom is -0.360 e. The standard InChI is InChI=1S/C19H19N5O4/c1-24-10-19-6-4-12(27-19)14(15(19)18(24)26)17(25)21-8-5-13-22-16(23-28-13)11-3-2-7-20-9-11/h2-4,6-7,9,12,14-15H,5,8,10H2,1H3,(H,21,25)/t12-,14-,15+,19-/m0/s1. The lowest BCUT2D eigenvalue weighted by Gasteiger charge is -2.23. The van der Waals surface area contributed by atoms with Crippen molar-refractivity contribution in [3.63, 3.8) is 0 Å². The van der Waals surface area contributed by atoms with Gasteiger partial charge in [-0.25, -0.2) is 0 Å². The number of ether oxygens (including phenoxy) is 1. The van der Waals surface area contributed by atoms with Crippen LogP contribution in [-0.2, 0) is 20.7 Å². The number of hydrogen-bond donors (Lipinski definition) is 1. The van der Waals surface area contributed by atoms with E-state index >= 15 is 0 Å². The Morgan fingerprint density at radius 1 is 1.46 bits per heavy atom. The van der Waals surface area contributed by atoms with Crippen LogP contribution >= 0.6 is 0 Å². The quantitative estimate of drug-likeness (QED) is 0.737. The highest BCUT2D eigenvalue weighted by molar-refractivity contribution is 5.92. The van der Waals surface area contributed by atoms with Crippen LogP contribution in [0.25, 0.3) is 11.4 Å². The van der Waals surface area contributed by atoms with Crippen molar-refractivity contribution < 1.29 is 18.8 Å². The van der Waals surface area contributed by atoms with Gasteiger partial charge in [-0.3, -0.25) is 14.6 Å². The molecule has 5 rings (SSSR count). The van der Waals surface area contributed by atoms with E-state index in [-0.39, 0.29) is 17.9 Å². The lowest BCUT2D eigenvalue weighted by Crippen LogP contribution is -2.44. The molecule has 1 spiro atoms. The molecule has 2 bridgehead atoms. The minimum atomic E-state index is -0.649. The van der Waals surface area contributed by atoms with Gasteiger partial charge in [-0.05, 0) is 12.1 Å². The summed E-state index contributed by atoms with van der Waals surface area (Å²) in [6.07, 6.45) is 7.22. The third-order valence-corrected chi connectivity index (χ3v) is 5.62. The molecule has 2 fully saturated rings. The van der Waals surface area contributed by atoms with Crippen molar-refractivity contribution in [2.75, 3.05) is 20.1 Å². The van der Waals surface area contributed by atoms with Crippen molar-refractivity contribution in [1.29, 1.82) is 0 Å². The van der Waals surface area contributed by atoms with Crippen molar-refractivity contribution in [2.24, 2.45) is 11.8 Å². The molecule has 2 aromatic rings. The topological polar surface area (TPSA) is 110 Å². The van der Waals surface area contributed by atoms with Crippen LogP contribution in [-0.4, -0.2) is 63.7 Å². The molecule has 9 nitrogen and oxygen atoms in total. The number of carbonyl (C=O) groups excluding carboxylic acids is 2. The molecule has 2 aromatic heterocycles. The molecule has 144 valence electrons. The van der Waals surface area contributed by atoms with Crippen molar-refractivity contribution >= 4 is 11.8 Å². The van der Waals surface area contributed by atoms with Gasteiger partial charge in [0.25, 0.3) is 0 Å². The maximum atomic E-state index is 12.8. The van der Waals surface area contributed by atoms with Crippen LogP contribution in [0.3, 0.4) is 0 Å². The monoisotopic (exact) mass is 381 g/mol. The van der Waals surface area contributed by atoms with E-state index in [4.69, 9.17) is 9.26 Å². The molecule has 2 saturated heterocycles. The predicted molar refractivity (Wildman–Crippen MR) is 95.6 cm³/mol. The maximum absolute atomic E-state index is 12.8. The Kier molecular flexibility index (Phi) is 3.80. The van der Waals surface area contributed by atoms with Crippen molar-refractivity contribution in [3.05, 3.63) is 42.6 Å². The van der Waals surface area contributed by atoms with E-state index in [1.807, 2.05) is 18.2 Å². The average Bonchev–Trinajstić information content (AvgIpc) is 3.44. The zero-order valence-corrected chi connectivity index (χ0v) is 15.2. The number of likely N-dealkylation sites (tertiary alicyclic amines) is 1. The number of pyridine rings is 1. The lowest BCUT2D eigenvalue weighted by molar-refractivity contribution is -0.136. The fourth-order valence-corrected chi connectivity index (χ4v) is 4.37. The number of nitrogens with one attached hydrogen (secondary N) is 1. The highest BCUT2D eigenvalue weighted by atomic mass is 16.5. The van der Waals surface area contributed by atoms with Gasteiger partial charge in [0, 0.05) is 38.0 Å². The first kappa shape index (κ1) is 17.1. The predicted octanol–water partition coefficient (Wildman–Crippen LogP) is 0.202. The number of carbonyl (C=O) groups is 2. The molecular formula is C19H19N5O4. The Balaban J connectivity index is 1.21. The fourth-order valence-electron chi connectivity index (χ4n) is 4.37. The van der Waals surface area contributed by atoms with Crippen LogP contribution in [0.15, 0.2) is 41.2 Å². The maximum Gasteiger partial charge on any atom is 0.229 e. The van der Waals surface area contributed by atoms with Crippen molar-refractivity contribution in [2.45, 2.75) is 18.1 Å². The number of aromatic nitrogens is 3. The molecule has 0 radical (unpaired) electrons. The van der Waals surface area contributed by atoms with E-state index in [1.54, 1.807) is 30.4 Å². The number of hydrogen-bond acceptors (Lipinski definition) is 7. The third-order valence-electron chi connectivity index (χ3n) is 5.62. The first-order chi connectivity index (χ1) is 13.6. The van der Waals surface area contributed by atoms with Crippen LogP contribution in [0.4, 0.5) is 0 Å². The van der Waals surface area contributed by atoms with E-state index in [0.717, 1.165) is 5.56 Å². The Morgan fingerprint density at radius 2 is 2.36 bits per heavy atom. The summed E-state index contributed by atoms with van der Waals surface area (Å²) in [7, 11) is 1.74. The summed E-state index contributed by atoms with van der Waals surface area (Å²) in [6.45, 7) is 0.830. The summed E-state index contributed by atoms with van der Waals surface area (Å²) in [5.41, 5.74) is 0.116. The first-order valence-electron chi connectivity index (χ1n) is 9.20. The molecular weight excluding hydrogens is 362 g/mol. The second-order valence-electron chi connectivity index (χ2n) is 7.39. The van der Waals surface area contributed by atoms with Gasteiger partial charge in [0.05, 0.1) is 24.5 Å². The minimum absolute atomic E-state index is 0.0370. The second kappa shape index (κ2) is 6.23. The molecule has 3 aliphatic rings. The van der Waals surface area contributed by atoms with Crippen LogP contribution in [0.1, 0.15) is 5.89 Å². The Labute approximate surface area is 160 Å². The van der Waals surface area contributed by atoms with Crippen LogP contribution in [0.5, 0.6) is 0 Å². The van der Waals surface area contributed by atoms with Crippen molar-refractivity contribution in [3.8, 4) is 11.4 Å². The number of rotatable bonds is 5. The van der Waals surface area contributed by atoms with Crippen LogP contribution in [0, 0.1) is 11.8 Å². The lowest BCUT2D eigenvalue weighted by atomic mass is 9.77. The van der Waals surface area contributed by atoms with Gasteiger partial charge in [0.15, 0.2) is 0 Å². The normalized spacial score (nSPS) is 30.1. The molecule has 0 saturated carbocycles. The summed E-state index contributed by atoms with van der Waals surface area (Å²) in [5, 5.41) is 6.82. The molecule has 9 heteroatoms. The molecule has 1 N–H and O–H groups in total. The molecule has 0 aromatic carbocycles. The number of amides is 2. The van der Waals surface area contributed by atoms with Gasteiger partial charge in [0.1, 0.15) is 5.60 Å². The summed E-state index contributed by atoms with van der Waals surface area (Å²) < 4.78 is 11.2. The number of nitrogens with zero attached hydrogens (tertiary/aromatic N) is 4. The molecule has 4 atom stereocenters. The van der Waals surface area contributed by atoms with Crippen LogP contribution in [0.2, 0.25) is 0 Å². The molecule has 2 amide bonds. The third kappa shape index (κ3) is 2.54. The Bertz CT molecular complexity index is 958. The summed E-state index contributed by atoms with van der Waals surface area (Å²) in [6, 6.07) is 3.64. The van der Waals surface area contributed by atoms with E-state index < -0.39 is 17.4 Å². The first-order valence-corrected chi connectivity index (χ1v) is 9.20. The molecule has 0 aliphatic carbocycles. The van der Waals surface area contributed by atoms with Gasteiger partial charge in [-0.1, -0.05) is 17.3 Å². The van der Waals surface area contributed by atoms with Crippen LogP contribution < -0.4 is 5.32 Å². The van der Waals surface area contributed by atoms with Gasteiger partial charge in [-0.2, -0.15) is 4.98 Å². The van der Waals surface area contributed by atoms with Gasteiger partial charge in [-0.15, -0.1) is 0 Å². The average molecular weight is 381 g/mol. The Morgan fingerprint density at radius 3 is 3.18 bits per heavy atom. The zero-order chi connectivity index (χ0) is 19.3. The summed E-state index contributed by atoms with van der Waals surface area (Å²) in [4.78, 5) is 35.3. The number of likely N-dealkylation sites (N-methyl/N-ethyl adjacent to an activating group) is 1. The highest BCUT2D eigenvalue weighted by Crippen LogP contribution is 2.51. The van der Waals surface area contributed by atoms with Crippen molar-refractivity contribution in [1.82, 2.24) is 25.3 Å². The van der Waals surface area contributed by atoms with Gasteiger partial charge < -0.3 is 19.5 Å². The molecule has 5 heterocycles. The summed E-state index contributed by atoms with van der Waals surface area (Å²) >= 11 is 0. The van der Waals surface area contributed by atoms with E-state index in [2.05, 4.69) is 20.4 Å². The van der Waals surface area contributed by atoms with E-state index in [0.29, 0.717) is 31.2 Å². The highest BCUT2D eigenvalue weighted by Gasteiger charge is 2.66. The zero-order valence-electron chi connectivity index (χ0n) is 15.2. The van der Waals surface area contributed by atoms with Gasteiger partial charge in [0.2, 0.25) is 23.5 Å². The number of fused-ring (bicyclic) bond motifs is 1. The molecule has 0 unspecified atom stereocenters. The molecule has 3 aliphatic heterocycles. The Hall–Kier alpha value is -3.07. The SMILES string of the molecule is CN1C[C@]23C=C[C@H](O2)[C@H](C(=O)NCCc2nc(-c4cccnc4)no2)[C@@H]3C1=O. The smallest absolute Gasteiger partial charge is 0.229 e. The molecule has 28 heavy (non-hydrogen) atoms. The fraction of sp³-hybridized carbons (Fsp3) is 0.421. The second-order valence-corrected chi connectivity index (χ2v) is 7.39. The van der Waals surface area contributed by atoms with Gasteiger partial charge >= 0.3 is 0 Å². The van der Waals surface area contributed by atoms with E-state index in [9.17, 15) is 9.59 Å².